The molecule has 20 heavy (non-hydrogen) atoms. The molecule has 0 saturated carbocycles. The van der Waals surface area contributed by atoms with E-state index in [4.69, 9.17) is 4.74 Å². The highest BCUT2D eigenvalue weighted by molar-refractivity contribution is 5.40. The van der Waals surface area contributed by atoms with Crippen molar-refractivity contribution in [2.45, 2.75) is 6.92 Å². The molecular weight excluding hydrogens is 259 g/mol. The first-order chi connectivity index (χ1) is 9.79. The fraction of sp³-hybridized carbons (Fsp3) is 0.286. The van der Waals surface area contributed by atoms with Crippen LogP contribution < -0.4 is 15.4 Å². The van der Waals surface area contributed by atoms with E-state index in [9.17, 15) is 4.39 Å². The summed E-state index contributed by atoms with van der Waals surface area (Å²) in [4.78, 5) is 7.88. The molecule has 1 aromatic carbocycles. The first kappa shape index (κ1) is 14.0. The summed E-state index contributed by atoms with van der Waals surface area (Å²) in [6, 6.07) is 9.46. The Morgan fingerprint density at radius 1 is 1.20 bits per heavy atom. The van der Waals surface area contributed by atoms with Crippen LogP contribution in [0.1, 0.15) is 6.92 Å². The van der Waals surface area contributed by atoms with Crippen molar-refractivity contribution in [1.29, 1.82) is 0 Å². The van der Waals surface area contributed by atoms with Crippen molar-refractivity contribution in [3.8, 4) is 5.75 Å². The van der Waals surface area contributed by atoms with Gasteiger partial charge in [-0.05, 0) is 19.1 Å². The topological polar surface area (TPSA) is 59.1 Å². The number of ether oxygens (including phenoxy) is 1. The van der Waals surface area contributed by atoms with Gasteiger partial charge in [0, 0.05) is 6.54 Å². The molecule has 0 amide bonds. The number of nitrogens with zero attached hydrogens (tertiary/aromatic N) is 2. The highest BCUT2D eigenvalue weighted by atomic mass is 19.1. The van der Waals surface area contributed by atoms with Gasteiger partial charge in [-0.2, -0.15) is 4.98 Å². The molecule has 0 unspecified atom stereocenters. The number of nitrogens with one attached hydrogen (secondary N) is 2. The van der Waals surface area contributed by atoms with E-state index in [0.29, 0.717) is 25.6 Å². The summed E-state index contributed by atoms with van der Waals surface area (Å²) in [7, 11) is 0. The fourth-order valence-electron chi connectivity index (χ4n) is 1.59. The maximum atomic E-state index is 13.5. The molecule has 106 valence electrons. The molecule has 0 saturated heterocycles. The highest BCUT2D eigenvalue weighted by Gasteiger charge is 2.05. The summed E-state index contributed by atoms with van der Waals surface area (Å²) < 4.78 is 19.0. The van der Waals surface area contributed by atoms with E-state index in [1.54, 1.807) is 0 Å². The van der Waals surface area contributed by atoms with Crippen LogP contribution in [0.4, 0.5) is 16.2 Å². The first-order valence-corrected chi connectivity index (χ1v) is 6.47. The number of hydrogen-bond acceptors (Lipinski definition) is 5. The van der Waals surface area contributed by atoms with Crippen LogP contribution in [0.15, 0.2) is 36.5 Å². The molecule has 1 aromatic heterocycles. The van der Waals surface area contributed by atoms with Crippen molar-refractivity contribution in [3.63, 3.8) is 0 Å². The lowest BCUT2D eigenvalue weighted by atomic mass is 10.3. The van der Waals surface area contributed by atoms with Crippen LogP contribution in [0.3, 0.4) is 0 Å². The molecule has 2 N–H and O–H groups in total. The largest absolute Gasteiger partial charge is 0.492 e. The Hall–Kier alpha value is -2.37. The van der Waals surface area contributed by atoms with E-state index >= 15 is 0 Å². The Kier molecular flexibility index (Phi) is 5.11. The zero-order chi connectivity index (χ0) is 14.2. The zero-order valence-electron chi connectivity index (χ0n) is 11.3. The van der Waals surface area contributed by atoms with E-state index in [1.165, 1.54) is 0 Å². The van der Waals surface area contributed by atoms with Gasteiger partial charge in [-0.25, -0.2) is 9.37 Å². The third kappa shape index (κ3) is 4.08. The SMILES string of the molecule is CCNc1ncc(F)c(NCCOc2ccccc2)n1. The second-order valence-corrected chi connectivity index (χ2v) is 4.01. The lowest BCUT2D eigenvalue weighted by molar-refractivity contribution is 0.332. The van der Waals surface area contributed by atoms with E-state index in [2.05, 4.69) is 20.6 Å². The highest BCUT2D eigenvalue weighted by Crippen LogP contribution is 2.12. The third-order valence-electron chi connectivity index (χ3n) is 2.49. The molecule has 5 nitrogen and oxygen atoms in total. The standard InChI is InChI=1S/C14H17FN4O/c1-2-16-14-18-10-12(15)13(19-14)17-8-9-20-11-6-4-3-5-7-11/h3-7,10H,2,8-9H2,1H3,(H2,16,17,18,19). The van der Waals surface area contributed by atoms with Crippen molar-refractivity contribution in [3.05, 3.63) is 42.3 Å². The average molecular weight is 276 g/mol. The third-order valence-corrected chi connectivity index (χ3v) is 2.49. The lowest BCUT2D eigenvalue weighted by Crippen LogP contribution is -2.14. The van der Waals surface area contributed by atoms with Crippen molar-refractivity contribution >= 4 is 11.8 Å². The lowest BCUT2D eigenvalue weighted by Gasteiger charge is -2.09. The van der Waals surface area contributed by atoms with Crippen LogP contribution in [0.25, 0.3) is 0 Å². The Balaban J connectivity index is 1.83. The second kappa shape index (κ2) is 7.28. The van der Waals surface area contributed by atoms with Gasteiger partial charge in [-0.15, -0.1) is 0 Å². The molecule has 0 aliphatic carbocycles. The van der Waals surface area contributed by atoms with E-state index in [1.807, 2.05) is 37.3 Å². The normalized spacial score (nSPS) is 10.1. The van der Waals surface area contributed by atoms with Gasteiger partial charge in [-0.1, -0.05) is 18.2 Å². The Morgan fingerprint density at radius 2 is 2.00 bits per heavy atom. The number of halogens is 1. The maximum absolute atomic E-state index is 13.5. The van der Waals surface area contributed by atoms with Gasteiger partial charge in [0.1, 0.15) is 12.4 Å². The van der Waals surface area contributed by atoms with Gasteiger partial charge < -0.3 is 15.4 Å². The van der Waals surface area contributed by atoms with Gasteiger partial charge in [0.25, 0.3) is 0 Å². The number of anilines is 2. The van der Waals surface area contributed by atoms with Crippen LogP contribution in [0.2, 0.25) is 0 Å². The molecule has 0 aliphatic rings. The van der Waals surface area contributed by atoms with Crippen molar-refractivity contribution < 1.29 is 9.13 Å². The quantitative estimate of drug-likeness (QED) is 0.761. The predicted molar refractivity (Wildman–Crippen MR) is 76.6 cm³/mol. The van der Waals surface area contributed by atoms with Crippen LogP contribution in [0, 0.1) is 5.82 Å². The molecule has 2 rings (SSSR count). The molecule has 2 aromatic rings. The predicted octanol–water partition coefficient (Wildman–Crippen LogP) is 2.54. The summed E-state index contributed by atoms with van der Waals surface area (Å²) in [6.07, 6.45) is 1.14. The number of rotatable bonds is 7. The van der Waals surface area contributed by atoms with Crippen LogP contribution in [0.5, 0.6) is 5.75 Å². The summed E-state index contributed by atoms with van der Waals surface area (Å²) in [5, 5.41) is 5.82. The Labute approximate surface area is 117 Å². The van der Waals surface area contributed by atoms with Crippen molar-refractivity contribution in [2.24, 2.45) is 0 Å². The molecule has 0 radical (unpaired) electrons. The minimum atomic E-state index is -0.480. The summed E-state index contributed by atoms with van der Waals surface area (Å²) >= 11 is 0. The van der Waals surface area contributed by atoms with E-state index < -0.39 is 5.82 Å². The number of aromatic nitrogens is 2. The molecule has 0 aliphatic heterocycles. The summed E-state index contributed by atoms with van der Waals surface area (Å²) in [5.74, 6) is 0.880. The minimum absolute atomic E-state index is 0.174. The van der Waals surface area contributed by atoms with Crippen molar-refractivity contribution in [2.75, 3.05) is 30.3 Å². The number of hydrogen-bond donors (Lipinski definition) is 2. The molecule has 1 heterocycles. The molecule has 0 atom stereocenters. The van der Waals surface area contributed by atoms with Gasteiger partial charge in [0.05, 0.1) is 12.7 Å². The van der Waals surface area contributed by atoms with E-state index in [0.717, 1.165) is 11.9 Å². The van der Waals surface area contributed by atoms with Crippen molar-refractivity contribution in [1.82, 2.24) is 9.97 Å². The van der Waals surface area contributed by atoms with Gasteiger partial charge in [0.15, 0.2) is 11.6 Å². The second-order valence-electron chi connectivity index (χ2n) is 4.01. The van der Waals surface area contributed by atoms with Crippen LogP contribution in [-0.4, -0.2) is 29.7 Å². The van der Waals surface area contributed by atoms with E-state index in [-0.39, 0.29) is 5.82 Å². The number of benzene rings is 1. The Morgan fingerprint density at radius 3 is 2.75 bits per heavy atom. The van der Waals surface area contributed by atoms with Crippen LogP contribution >= 0.6 is 0 Å². The molecular formula is C14H17FN4O. The fourth-order valence-corrected chi connectivity index (χ4v) is 1.59. The molecule has 6 heteroatoms. The van der Waals surface area contributed by atoms with Crippen LogP contribution in [-0.2, 0) is 0 Å². The average Bonchev–Trinajstić information content (AvgIpc) is 2.48. The smallest absolute Gasteiger partial charge is 0.224 e. The Bertz CT molecular complexity index is 536. The number of para-hydroxylation sites is 1. The zero-order valence-corrected chi connectivity index (χ0v) is 11.3. The molecule has 0 spiro atoms. The first-order valence-electron chi connectivity index (χ1n) is 6.47. The summed E-state index contributed by atoms with van der Waals surface area (Å²) in [6.45, 7) is 3.48. The monoisotopic (exact) mass is 276 g/mol. The molecule has 0 fully saturated rings. The maximum Gasteiger partial charge on any atom is 0.224 e. The van der Waals surface area contributed by atoms with Gasteiger partial charge in [-0.3, -0.25) is 0 Å². The van der Waals surface area contributed by atoms with Gasteiger partial charge >= 0.3 is 0 Å². The minimum Gasteiger partial charge on any atom is -0.492 e. The van der Waals surface area contributed by atoms with Gasteiger partial charge in [0.2, 0.25) is 5.95 Å². The summed E-state index contributed by atoms with van der Waals surface area (Å²) in [5.41, 5.74) is 0. The molecule has 0 bridgehead atoms.